The number of nitrogens with one attached hydrogen (secondary N) is 1. The number of hydrogen-bond acceptors (Lipinski definition) is 2. The molecule has 0 bridgehead atoms. The smallest absolute Gasteiger partial charge is 0.244 e. The van der Waals surface area contributed by atoms with Crippen molar-refractivity contribution in [1.29, 1.82) is 0 Å². The highest BCUT2D eigenvalue weighted by Crippen LogP contribution is 2.25. The third-order valence-electron chi connectivity index (χ3n) is 4.18. The number of hydrogen-bond donors (Lipinski definition) is 1. The van der Waals surface area contributed by atoms with Crippen molar-refractivity contribution in [1.82, 2.24) is 9.99 Å². The molecule has 0 unspecified atom stereocenters. The van der Waals surface area contributed by atoms with Gasteiger partial charge >= 0.3 is 0 Å². The van der Waals surface area contributed by atoms with Crippen molar-refractivity contribution in [3.05, 3.63) is 87.2 Å². The molecule has 1 amide bonds. The summed E-state index contributed by atoms with van der Waals surface area (Å²) < 4.78 is 2.05. The molecule has 0 spiro atoms. The van der Waals surface area contributed by atoms with Gasteiger partial charge in [0, 0.05) is 32.7 Å². The first-order chi connectivity index (χ1) is 12.9. The highest BCUT2D eigenvalue weighted by atomic mass is 35.5. The summed E-state index contributed by atoms with van der Waals surface area (Å²) in [6, 6.07) is 17.0. The van der Waals surface area contributed by atoms with E-state index in [1.54, 1.807) is 12.3 Å². The van der Waals surface area contributed by atoms with Crippen LogP contribution in [0.3, 0.4) is 0 Å². The molecule has 2 aromatic carbocycles. The van der Waals surface area contributed by atoms with Gasteiger partial charge in [-0.15, -0.1) is 0 Å². The Morgan fingerprint density at radius 2 is 1.74 bits per heavy atom. The number of aromatic nitrogens is 1. The zero-order valence-corrected chi connectivity index (χ0v) is 16.6. The Balaban J connectivity index is 1.74. The van der Waals surface area contributed by atoms with Gasteiger partial charge < -0.3 is 4.57 Å². The fraction of sp³-hybridized carbons (Fsp3) is 0.143. The van der Waals surface area contributed by atoms with Crippen LogP contribution in [0.25, 0.3) is 5.69 Å². The lowest BCUT2D eigenvalue weighted by Crippen LogP contribution is -2.19. The largest absolute Gasteiger partial charge is 0.318 e. The summed E-state index contributed by atoms with van der Waals surface area (Å²) >= 11 is 12.2. The second kappa shape index (κ2) is 8.42. The van der Waals surface area contributed by atoms with Gasteiger partial charge in [-0.05, 0) is 43.7 Å². The molecule has 0 radical (unpaired) electrons. The van der Waals surface area contributed by atoms with Gasteiger partial charge in [0.1, 0.15) is 0 Å². The first-order valence-corrected chi connectivity index (χ1v) is 9.21. The quantitative estimate of drug-likeness (QED) is 0.471. The number of benzene rings is 2. The van der Waals surface area contributed by atoms with Crippen molar-refractivity contribution in [2.45, 2.75) is 20.3 Å². The average molecular weight is 400 g/mol. The predicted octanol–water partition coefficient (Wildman–Crippen LogP) is 5.09. The Bertz CT molecular complexity index is 974. The lowest BCUT2D eigenvalue weighted by atomic mass is 10.1. The van der Waals surface area contributed by atoms with Gasteiger partial charge in [-0.25, -0.2) is 5.43 Å². The first-order valence-electron chi connectivity index (χ1n) is 8.45. The standard InChI is InChI=1S/C21H19Cl2N3O/c1-14-8-17(13-24-25-21(27)9-16-6-4-3-5-7-16)15(2)26(14)20-11-18(22)10-19(23)12-20/h3-8,10-13H,9H2,1-2H3,(H,25,27)/b24-13-. The average Bonchev–Trinajstić information content (AvgIpc) is 2.88. The molecular formula is C21H19Cl2N3O. The van der Waals surface area contributed by atoms with Gasteiger partial charge in [-0.2, -0.15) is 5.10 Å². The van der Waals surface area contributed by atoms with Crippen LogP contribution < -0.4 is 5.43 Å². The summed E-state index contributed by atoms with van der Waals surface area (Å²) in [5.74, 6) is -0.159. The van der Waals surface area contributed by atoms with E-state index in [0.29, 0.717) is 10.0 Å². The number of nitrogens with zero attached hydrogens (tertiary/aromatic N) is 2. The van der Waals surface area contributed by atoms with Gasteiger partial charge in [0.15, 0.2) is 0 Å². The molecule has 1 N–H and O–H groups in total. The van der Waals surface area contributed by atoms with Crippen molar-refractivity contribution in [3.63, 3.8) is 0 Å². The molecule has 0 aliphatic heterocycles. The topological polar surface area (TPSA) is 46.4 Å². The Morgan fingerprint density at radius 1 is 1.07 bits per heavy atom. The predicted molar refractivity (Wildman–Crippen MR) is 111 cm³/mol. The van der Waals surface area contributed by atoms with E-state index < -0.39 is 0 Å². The molecule has 4 nitrogen and oxygen atoms in total. The van der Waals surface area contributed by atoms with Crippen molar-refractivity contribution in [2.24, 2.45) is 5.10 Å². The van der Waals surface area contributed by atoms with Gasteiger partial charge in [-0.3, -0.25) is 4.79 Å². The maximum absolute atomic E-state index is 12.0. The van der Waals surface area contributed by atoms with Crippen molar-refractivity contribution >= 4 is 35.3 Å². The Labute approximate surface area is 168 Å². The van der Waals surface area contributed by atoms with E-state index in [1.807, 2.05) is 66.9 Å². The fourth-order valence-electron chi connectivity index (χ4n) is 2.98. The lowest BCUT2D eigenvalue weighted by Gasteiger charge is -2.10. The summed E-state index contributed by atoms with van der Waals surface area (Å²) in [5.41, 5.74) is 7.30. The summed E-state index contributed by atoms with van der Waals surface area (Å²) in [6.45, 7) is 3.97. The van der Waals surface area contributed by atoms with Crippen LogP contribution in [0.4, 0.5) is 0 Å². The molecule has 6 heteroatoms. The Hall–Kier alpha value is -2.56. The third kappa shape index (κ3) is 4.79. The lowest BCUT2D eigenvalue weighted by molar-refractivity contribution is -0.120. The van der Waals surface area contributed by atoms with E-state index in [1.165, 1.54) is 0 Å². The van der Waals surface area contributed by atoms with E-state index in [9.17, 15) is 4.79 Å². The maximum atomic E-state index is 12.0. The van der Waals surface area contributed by atoms with Crippen LogP contribution in [0, 0.1) is 13.8 Å². The molecule has 3 aromatic rings. The number of rotatable bonds is 5. The second-order valence-corrected chi connectivity index (χ2v) is 7.12. The van der Waals surface area contributed by atoms with Crippen LogP contribution >= 0.6 is 23.2 Å². The van der Waals surface area contributed by atoms with E-state index in [-0.39, 0.29) is 12.3 Å². The minimum atomic E-state index is -0.159. The molecule has 0 saturated carbocycles. The summed E-state index contributed by atoms with van der Waals surface area (Å²) in [6.07, 6.45) is 1.94. The van der Waals surface area contributed by atoms with Gasteiger partial charge in [0.25, 0.3) is 0 Å². The van der Waals surface area contributed by atoms with E-state index >= 15 is 0 Å². The zero-order valence-electron chi connectivity index (χ0n) is 15.0. The maximum Gasteiger partial charge on any atom is 0.244 e. The molecule has 0 aliphatic carbocycles. The normalized spacial score (nSPS) is 11.1. The minimum absolute atomic E-state index is 0.159. The van der Waals surface area contributed by atoms with Crippen LogP contribution in [-0.2, 0) is 11.2 Å². The summed E-state index contributed by atoms with van der Waals surface area (Å²) in [7, 11) is 0. The number of amides is 1. The van der Waals surface area contributed by atoms with Crippen molar-refractivity contribution in [3.8, 4) is 5.69 Å². The van der Waals surface area contributed by atoms with Crippen LogP contribution in [0.15, 0.2) is 59.7 Å². The number of carbonyl (C=O) groups excluding carboxylic acids is 1. The van der Waals surface area contributed by atoms with Crippen LogP contribution in [0.2, 0.25) is 10.0 Å². The molecule has 0 saturated heterocycles. The molecule has 1 aromatic heterocycles. The summed E-state index contributed by atoms with van der Waals surface area (Å²) in [4.78, 5) is 12.0. The van der Waals surface area contributed by atoms with Gasteiger partial charge in [0.2, 0.25) is 5.91 Å². The van der Waals surface area contributed by atoms with E-state index in [2.05, 4.69) is 10.5 Å². The fourth-order valence-corrected chi connectivity index (χ4v) is 3.49. The van der Waals surface area contributed by atoms with Crippen LogP contribution in [-0.4, -0.2) is 16.7 Å². The molecule has 0 fully saturated rings. The number of carbonyl (C=O) groups is 1. The molecule has 0 aliphatic rings. The molecule has 138 valence electrons. The number of hydrazone groups is 1. The SMILES string of the molecule is Cc1cc(/C=N\NC(=O)Cc2ccccc2)c(C)n1-c1cc(Cl)cc(Cl)c1. The van der Waals surface area contributed by atoms with Crippen LogP contribution in [0.5, 0.6) is 0 Å². The van der Waals surface area contributed by atoms with E-state index in [0.717, 1.165) is 28.2 Å². The molecule has 3 rings (SSSR count). The highest BCUT2D eigenvalue weighted by Gasteiger charge is 2.11. The van der Waals surface area contributed by atoms with E-state index in [4.69, 9.17) is 23.2 Å². The molecular weight excluding hydrogens is 381 g/mol. The third-order valence-corrected chi connectivity index (χ3v) is 4.61. The van der Waals surface area contributed by atoms with Crippen LogP contribution in [0.1, 0.15) is 22.5 Å². The van der Waals surface area contributed by atoms with Crippen molar-refractivity contribution < 1.29 is 4.79 Å². The van der Waals surface area contributed by atoms with Crippen molar-refractivity contribution in [2.75, 3.05) is 0 Å². The second-order valence-electron chi connectivity index (χ2n) is 6.25. The number of aryl methyl sites for hydroxylation is 1. The molecule has 27 heavy (non-hydrogen) atoms. The summed E-state index contributed by atoms with van der Waals surface area (Å²) in [5, 5.41) is 5.25. The Morgan fingerprint density at radius 3 is 2.41 bits per heavy atom. The highest BCUT2D eigenvalue weighted by molar-refractivity contribution is 6.34. The minimum Gasteiger partial charge on any atom is -0.318 e. The monoisotopic (exact) mass is 399 g/mol. The number of halogens is 2. The Kier molecular flexibility index (Phi) is 5.99. The van der Waals surface area contributed by atoms with Gasteiger partial charge in [-0.1, -0.05) is 53.5 Å². The van der Waals surface area contributed by atoms with Gasteiger partial charge in [0.05, 0.1) is 12.6 Å². The molecule has 1 heterocycles. The first kappa shape index (κ1) is 19.2. The molecule has 0 atom stereocenters. The zero-order chi connectivity index (χ0) is 19.4.